The number of nitrogen functional groups attached to an aromatic ring is 1. The summed E-state index contributed by atoms with van der Waals surface area (Å²) in [5.74, 6) is 0.638. The third-order valence-electron chi connectivity index (χ3n) is 4.12. The van der Waals surface area contributed by atoms with E-state index < -0.39 is 5.82 Å². The number of hydrogen-bond donors (Lipinski definition) is 1. The molecular weight excluding hydrogens is 257 g/mol. The van der Waals surface area contributed by atoms with Crippen molar-refractivity contribution in [3.63, 3.8) is 0 Å². The van der Waals surface area contributed by atoms with Crippen molar-refractivity contribution in [2.75, 3.05) is 18.8 Å². The first-order valence-electron chi connectivity index (χ1n) is 7.19. The summed E-state index contributed by atoms with van der Waals surface area (Å²) >= 11 is 0. The molecule has 1 aliphatic heterocycles. The predicted octanol–water partition coefficient (Wildman–Crippen LogP) is 2.70. The zero-order valence-corrected chi connectivity index (χ0v) is 12.1. The summed E-state index contributed by atoms with van der Waals surface area (Å²) in [6, 6.07) is 1.18. The molecule has 2 N–H and O–H groups in total. The number of anilines is 1. The molecule has 0 radical (unpaired) electrons. The Morgan fingerprint density at radius 1 is 1.45 bits per heavy atom. The second kappa shape index (κ2) is 6.20. The Morgan fingerprint density at radius 2 is 2.20 bits per heavy atom. The molecule has 1 atom stereocenters. The number of likely N-dealkylation sites (tertiary alicyclic amines) is 1. The molecule has 0 bridgehead atoms. The highest BCUT2D eigenvalue weighted by molar-refractivity contribution is 5.98. The zero-order valence-electron chi connectivity index (χ0n) is 12.1. The average molecular weight is 279 g/mol. The molecule has 4 nitrogen and oxygen atoms in total. The fraction of sp³-hybridized carbons (Fsp3) is 0.600. The van der Waals surface area contributed by atoms with Gasteiger partial charge in [0.1, 0.15) is 11.6 Å². The lowest BCUT2D eigenvalue weighted by molar-refractivity contribution is 0.0759. The molecule has 0 aliphatic carbocycles. The molecule has 5 heteroatoms. The van der Waals surface area contributed by atoms with E-state index in [-0.39, 0.29) is 17.3 Å². The first-order chi connectivity index (χ1) is 9.49. The van der Waals surface area contributed by atoms with E-state index in [1.807, 2.05) is 0 Å². The predicted molar refractivity (Wildman–Crippen MR) is 76.7 cm³/mol. The van der Waals surface area contributed by atoms with Gasteiger partial charge in [0.15, 0.2) is 0 Å². The van der Waals surface area contributed by atoms with E-state index in [9.17, 15) is 9.18 Å². The highest BCUT2D eigenvalue weighted by atomic mass is 19.1. The van der Waals surface area contributed by atoms with Crippen molar-refractivity contribution in [2.24, 2.45) is 11.8 Å². The van der Waals surface area contributed by atoms with Crippen molar-refractivity contribution in [1.82, 2.24) is 9.88 Å². The number of amides is 1. The minimum absolute atomic E-state index is 0.0982. The van der Waals surface area contributed by atoms with Crippen LogP contribution in [0, 0.1) is 17.7 Å². The maximum atomic E-state index is 13.2. The van der Waals surface area contributed by atoms with Gasteiger partial charge < -0.3 is 10.6 Å². The van der Waals surface area contributed by atoms with Gasteiger partial charge in [-0.1, -0.05) is 13.8 Å². The van der Waals surface area contributed by atoms with Crippen LogP contribution in [0.15, 0.2) is 12.3 Å². The van der Waals surface area contributed by atoms with Crippen LogP contribution in [-0.4, -0.2) is 28.9 Å². The van der Waals surface area contributed by atoms with Crippen molar-refractivity contribution in [2.45, 2.75) is 33.1 Å². The van der Waals surface area contributed by atoms with Gasteiger partial charge in [-0.3, -0.25) is 4.79 Å². The summed E-state index contributed by atoms with van der Waals surface area (Å²) in [6.07, 6.45) is 4.14. The van der Waals surface area contributed by atoms with Crippen LogP contribution < -0.4 is 5.73 Å². The van der Waals surface area contributed by atoms with Crippen LogP contribution in [0.2, 0.25) is 0 Å². The van der Waals surface area contributed by atoms with Gasteiger partial charge in [-0.15, -0.1) is 0 Å². The van der Waals surface area contributed by atoms with Crippen molar-refractivity contribution in [3.8, 4) is 0 Å². The normalized spacial score (nSPS) is 20.0. The van der Waals surface area contributed by atoms with Gasteiger partial charge >= 0.3 is 0 Å². The molecule has 2 rings (SSSR count). The Labute approximate surface area is 119 Å². The van der Waals surface area contributed by atoms with Crippen LogP contribution in [0.1, 0.15) is 43.5 Å². The number of nitrogens with zero attached hydrogens (tertiary/aromatic N) is 2. The number of aromatic nitrogens is 1. The molecule has 1 unspecified atom stereocenters. The topological polar surface area (TPSA) is 59.2 Å². The molecule has 1 saturated heterocycles. The Hall–Kier alpha value is -1.65. The first-order valence-corrected chi connectivity index (χ1v) is 7.19. The van der Waals surface area contributed by atoms with Gasteiger partial charge in [0.25, 0.3) is 5.91 Å². The summed E-state index contributed by atoms with van der Waals surface area (Å²) in [7, 11) is 0. The van der Waals surface area contributed by atoms with Gasteiger partial charge in [-0.25, -0.2) is 9.37 Å². The molecule has 1 aromatic heterocycles. The number of hydrogen-bond acceptors (Lipinski definition) is 3. The van der Waals surface area contributed by atoms with Crippen molar-refractivity contribution in [1.29, 1.82) is 0 Å². The third kappa shape index (κ3) is 3.26. The van der Waals surface area contributed by atoms with E-state index in [2.05, 4.69) is 18.8 Å². The average Bonchev–Trinajstić information content (AvgIpc) is 2.66. The van der Waals surface area contributed by atoms with Gasteiger partial charge in [0.2, 0.25) is 0 Å². The number of nitrogens with two attached hydrogens (primary N) is 1. The molecule has 20 heavy (non-hydrogen) atoms. The quantitative estimate of drug-likeness (QED) is 0.905. The first kappa shape index (κ1) is 14.8. The minimum atomic E-state index is -0.530. The van der Waals surface area contributed by atoms with E-state index in [1.165, 1.54) is 6.07 Å². The number of carbonyl (C=O) groups excluding carboxylic acids is 1. The van der Waals surface area contributed by atoms with Crippen molar-refractivity contribution < 1.29 is 9.18 Å². The van der Waals surface area contributed by atoms with Gasteiger partial charge in [0, 0.05) is 13.1 Å². The second-order valence-electron chi connectivity index (χ2n) is 5.81. The smallest absolute Gasteiger partial charge is 0.257 e. The highest BCUT2D eigenvalue weighted by Gasteiger charge is 2.24. The lowest BCUT2D eigenvalue weighted by Crippen LogP contribution is -2.33. The molecule has 0 aromatic carbocycles. The van der Waals surface area contributed by atoms with Crippen molar-refractivity contribution >= 4 is 11.7 Å². The molecule has 2 heterocycles. The standard InChI is InChI=1S/C15H22FN3O/c1-10(2)11-4-3-6-19(7-5-11)15(20)13-8-12(16)9-18-14(13)17/h8-11H,3-7H2,1-2H3,(H2,17,18). The third-order valence-corrected chi connectivity index (χ3v) is 4.12. The number of carbonyl (C=O) groups is 1. The molecule has 110 valence electrons. The summed E-state index contributed by atoms with van der Waals surface area (Å²) in [6.45, 7) is 5.85. The van der Waals surface area contributed by atoms with E-state index in [4.69, 9.17) is 5.73 Å². The Morgan fingerprint density at radius 3 is 2.90 bits per heavy atom. The number of pyridine rings is 1. The van der Waals surface area contributed by atoms with Crippen LogP contribution in [0.5, 0.6) is 0 Å². The van der Waals surface area contributed by atoms with Gasteiger partial charge in [-0.05, 0) is 37.2 Å². The summed E-state index contributed by atoms with van der Waals surface area (Å²) in [5.41, 5.74) is 5.86. The Kier molecular flexibility index (Phi) is 4.57. The summed E-state index contributed by atoms with van der Waals surface area (Å²) < 4.78 is 13.2. The minimum Gasteiger partial charge on any atom is -0.383 e. The molecule has 1 aromatic rings. The number of rotatable bonds is 2. The molecule has 0 spiro atoms. The fourth-order valence-electron chi connectivity index (χ4n) is 2.78. The molecule has 1 amide bonds. The lowest BCUT2D eigenvalue weighted by atomic mass is 9.89. The maximum absolute atomic E-state index is 13.2. The molecular formula is C15H22FN3O. The molecule has 1 fully saturated rings. The van der Waals surface area contributed by atoms with E-state index >= 15 is 0 Å². The zero-order chi connectivity index (χ0) is 14.7. The van der Waals surface area contributed by atoms with Crippen LogP contribution in [0.25, 0.3) is 0 Å². The maximum Gasteiger partial charge on any atom is 0.257 e. The lowest BCUT2D eigenvalue weighted by Gasteiger charge is -2.22. The molecule has 0 saturated carbocycles. The largest absolute Gasteiger partial charge is 0.383 e. The van der Waals surface area contributed by atoms with E-state index in [1.54, 1.807) is 4.90 Å². The SMILES string of the molecule is CC(C)C1CCCN(C(=O)c2cc(F)cnc2N)CC1. The van der Waals surface area contributed by atoms with Crippen LogP contribution in [0.4, 0.5) is 10.2 Å². The van der Waals surface area contributed by atoms with Crippen LogP contribution >= 0.6 is 0 Å². The van der Waals surface area contributed by atoms with Gasteiger partial charge in [0.05, 0.1) is 11.8 Å². The highest BCUT2D eigenvalue weighted by Crippen LogP contribution is 2.25. The summed E-state index contributed by atoms with van der Waals surface area (Å²) in [4.78, 5) is 17.9. The molecule has 1 aliphatic rings. The Balaban J connectivity index is 2.11. The van der Waals surface area contributed by atoms with Gasteiger partial charge in [-0.2, -0.15) is 0 Å². The fourth-order valence-corrected chi connectivity index (χ4v) is 2.78. The van der Waals surface area contributed by atoms with E-state index in [0.717, 1.165) is 25.5 Å². The summed E-state index contributed by atoms with van der Waals surface area (Å²) in [5, 5.41) is 0. The van der Waals surface area contributed by atoms with Crippen molar-refractivity contribution in [3.05, 3.63) is 23.6 Å². The van der Waals surface area contributed by atoms with E-state index in [0.29, 0.717) is 24.9 Å². The van der Waals surface area contributed by atoms with Crippen LogP contribution in [0.3, 0.4) is 0 Å². The second-order valence-corrected chi connectivity index (χ2v) is 5.81. The number of halogens is 1. The van der Waals surface area contributed by atoms with Crippen LogP contribution in [-0.2, 0) is 0 Å². The Bertz CT molecular complexity index is 490. The monoisotopic (exact) mass is 279 g/mol.